The normalized spacial score (nSPS) is 11.5. The summed E-state index contributed by atoms with van der Waals surface area (Å²) in [6.45, 7) is 0. The Hall–Kier alpha value is -7.56. The van der Waals surface area contributed by atoms with Gasteiger partial charge in [0, 0.05) is 51.7 Å². The molecule has 12 rings (SSSR count). The summed E-state index contributed by atoms with van der Waals surface area (Å²) in [5, 5.41) is 5.08. The maximum absolute atomic E-state index is 2.48. The van der Waals surface area contributed by atoms with Gasteiger partial charge < -0.3 is 4.90 Å². The molecule has 12 aromatic rings. The van der Waals surface area contributed by atoms with Gasteiger partial charge in [0.2, 0.25) is 0 Å². The summed E-state index contributed by atoms with van der Waals surface area (Å²) in [7, 11) is 0. The first-order valence-corrected chi connectivity index (χ1v) is 23.0. The molecule has 0 aliphatic rings. The fourth-order valence-corrected chi connectivity index (χ4v) is 11.6. The Morgan fingerprint density at radius 3 is 1.29 bits per heavy atom. The minimum Gasteiger partial charge on any atom is -0.310 e. The van der Waals surface area contributed by atoms with E-state index in [1.54, 1.807) is 0 Å². The van der Waals surface area contributed by atoms with Crippen LogP contribution in [0.1, 0.15) is 0 Å². The van der Waals surface area contributed by atoms with E-state index in [1.807, 2.05) is 22.7 Å². The first-order chi connectivity index (χ1) is 31.2. The van der Waals surface area contributed by atoms with E-state index in [0.29, 0.717) is 0 Å². The van der Waals surface area contributed by atoms with E-state index in [1.165, 1.54) is 96.0 Å². The highest BCUT2D eigenvalue weighted by atomic mass is 32.1. The van der Waals surface area contributed by atoms with Gasteiger partial charge in [-0.1, -0.05) is 188 Å². The van der Waals surface area contributed by atoms with Crippen molar-refractivity contribution in [2.75, 3.05) is 4.90 Å². The average molecular weight is 838 g/mol. The van der Waals surface area contributed by atoms with Crippen LogP contribution < -0.4 is 4.90 Å². The van der Waals surface area contributed by atoms with Crippen molar-refractivity contribution < 1.29 is 0 Å². The molecule has 2 heterocycles. The van der Waals surface area contributed by atoms with Gasteiger partial charge in [-0.2, -0.15) is 0 Å². The number of benzene rings is 10. The number of hydrogen-bond donors (Lipinski definition) is 0. The smallest absolute Gasteiger partial charge is 0.0555 e. The fraction of sp³-hybridized carbons (Fsp3) is 0. The lowest BCUT2D eigenvalue weighted by Gasteiger charge is -2.27. The van der Waals surface area contributed by atoms with Crippen LogP contribution in [0.15, 0.2) is 237 Å². The summed E-state index contributed by atoms with van der Waals surface area (Å²) in [4.78, 5) is 2.48. The number of hydrogen-bond acceptors (Lipinski definition) is 3. The molecule has 0 N–H and O–H groups in total. The van der Waals surface area contributed by atoms with Crippen LogP contribution in [-0.2, 0) is 0 Å². The van der Waals surface area contributed by atoms with Crippen molar-refractivity contribution in [2.45, 2.75) is 0 Å². The molecular formula is C60H39NS2. The summed E-state index contributed by atoms with van der Waals surface area (Å²) in [5.41, 5.74) is 15.6. The van der Waals surface area contributed by atoms with Crippen LogP contribution in [-0.4, -0.2) is 0 Å². The van der Waals surface area contributed by atoms with Crippen LogP contribution in [0, 0.1) is 0 Å². The molecule has 0 spiro atoms. The molecule has 0 atom stereocenters. The van der Waals surface area contributed by atoms with Gasteiger partial charge in [-0.25, -0.2) is 0 Å². The van der Waals surface area contributed by atoms with Crippen molar-refractivity contribution in [3.63, 3.8) is 0 Å². The van der Waals surface area contributed by atoms with Crippen molar-refractivity contribution >= 4 is 80.1 Å². The Kier molecular flexibility index (Phi) is 9.29. The SMILES string of the molecule is c1ccc(-c2ccc(-c3ccc(N(c4ccc5sc6cc(-c7ccccc7)ccc6c5c4)c4ccc(-c5ccccc5)c5sc6cc(-c7ccccc7)ccc6c45)cc3)cc2)cc1. The van der Waals surface area contributed by atoms with Crippen LogP contribution in [0.5, 0.6) is 0 Å². The lowest BCUT2D eigenvalue weighted by atomic mass is 9.98. The second-order valence-corrected chi connectivity index (χ2v) is 18.2. The lowest BCUT2D eigenvalue weighted by molar-refractivity contribution is 1.31. The Balaban J connectivity index is 1.05. The highest BCUT2D eigenvalue weighted by molar-refractivity contribution is 7.26. The monoisotopic (exact) mass is 837 g/mol. The number of anilines is 3. The maximum atomic E-state index is 2.48. The van der Waals surface area contributed by atoms with Gasteiger partial charge in [-0.05, 0) is 104 Å². The summed E-state index contributed by atoms with van der Waals surface area (Å²) in [6.07, 6.45) is 0. The molecule has 1 nitrogen and oxygen atoms in total. The van der Waals surface area contributed by atoms with E-state index in [9.17, 15) is 0 Å². The number of thiophene rings is 2. The van der Waals surface area contributed by atoms with Crippen LogP contribution in [0.3, 0.4) is 0 Å². The van der Waals surface area contributed by atoms with Gasteiger partial charge in [0.05, 0.1) is 5.69 Å². The van der Waals surface area contributed by atoms with Gasteiger partial charge in [0.1, 0.15) is 0 Å². The topological polar surface area (TPSA) is 3.24 Å². The molecule has 0 saturated heterocycles. The predicted molar refractivity (Wildman–Crippen MR) is 274 cm³/mol. The Morgan fingerprint density at radius 2 is 0.714 bits per heavy atom. The van der Waals surface area contributed by atoms with Crippen LogP contribution in [0.4, 0.5) is 17.1 Å². The van der Waals surface area contributed by atoms with E-state index >= 15 is 0 Å². The largest absolute Gasteiger partial charge is 0.310 e. The molecule has 3 heteroatoms. The van der Waals surface area contributed by atoms with Crippen molar-refractivity contribution in [2.24, 2.45) is 0 Å². The van der Waals surface area contributed by atoms with Crippen LogP contribution in [0.2, 0.25) is 0 Å². The van der Waals surface area contributed by atoms with E-state index in [4.69, 9.17) is 0 Å². The molecule has 0 bridgehead atoms. The van der Waals surface area contributed by atoms with Gasteiger partial charge >= 0.3 is 0 Å². The Labute approximate surface area is 375 Å². The van der Waals surface area contributed by atoms with Crippen molar-refractivity contribution in [3.8, 4) is 55.6 Å². The molecule has 0 fully saturated rings. The number of fused-ring (bicyclic) bond motifs is 6. The standard InChI is InChI=1S/C60H39NS2/c1-5-13-40(14-6-1)43-21-23-44(24-22-43)45-25-29-49(30-26-45)61(50-31-36-56-54(39-50)52-32-27-47(37-57(52)62-56)41-15-7-2-8-16-41)55-35-34-51(46-19-11-4-12-20-46)60-59(55)53-33-28-48(38-58(53)63-60)42-17-9-3-10-18-42/h1-39H. The molecular weight excluding hydrogens is 799 g/mol. The molecule has 0 saturated carbocycles. The average Bonchev–Trinajstić information content (AvgIpc) is 3.93. The molecule has 0 aliphatic carbocycles. The quantitative estimate of drug-likeness (QED) is 0.147. The summed E-state index contributed by atoms with van der Waals surface area (Å²) in [5.74, 6) is 0. The third-order valence-electron chi connectivity index (χ3n) is 12.3. The zero-order valence-corrected chi connectivity index (χ0v) is 35.9. The first kappa shape index (κ1) is 37.2. The van der Waals surface area contributed by atoms with E-state index in [-0.39, 0.29) is 0 Å². The third kappa shape index (κ3) is 6.79. The van der Waals surface area contributed by atoms with Crippen molar-refractivity contribution in [1.82, 2.24) is 0 Å². The van der Waals surface area contributed by atoms with E-state index in [0.717, 1.165) is 17.1 Å². The Bertz CT molecular complexity index is 3570. The fourth-order valence-electron chi connectivity index (χ4n) is 9.13. The van der Waals surface area contributed by atoms with Gasteiger partial charge in [0.25, 0.3) is 0 Å². The molecule has 0 amide bonds. The molecule has 0 radical (unpaired) electrons. The minimum absolute atomic E-state index is 1.11. The third-order valence-corrected chi connectivity index (χ3v) is 14.6. The predicted octanol–water partition coefficient (Wildman–Crippen LogP) is 18.2. The van der Waals surface area contributed by atoms with Crippen molar-refractivity contribution in [1.29, 1.82) is 0 Å². The highest BCUT2D eigenvalue weighted by Gasteiger charge is 2.22. The first-order valence-electron chi connectivity index (χ1n) is 21.4. The van der Waals surface area contributed by atoms with Crippen LogP contribution >= 0.6 is 22.7 Å². The molecule has 296 valence electrons. The highest BCUT2D eigenvalue weighted by Crippen LogP contribution is 2.50. The number of nitrogens with zero attached hydrogens (tertiary/aromatic N) is 1. The van der Waals surface area contributed by atoms with Gasteiger partial charge in [-0.15, -0.1) is 22.7 Å². The lowest BCUT2D eigenvalue weighted by Crippen LogP contribution is -2.10. The van der Waals surface area contributed by atoms with Crippen molar-refractivity contribution in [3.05, 3.63) is 237 Å². The van der Waals surface area contributed by atoms with E-state index in [2.05, 4.69) is 241 Å². The second-order valence-electron chi connectivity index (χ2n) is 16.1. The maximum Gasteiger partial charge on any atom is 0.0555 e. The summed E-state index contributed by atoms with van der Waals surface area (Å²) >= 11 is 3.76. The van der Waals surface area contributed by atoms with E-state index < -0.39 is 0 Å². The summed E-state index contributed by atoms with van der Waals surface area (Å²) in [6, 6.07) is 86.6. The molecule has 63 heavy (non-hydrogen) atoms. The molecule has 10 aromatic carbocycles. The Morgan fingerprint density at radius 1 is 0.270 bits per heavy atom. The zero-order chi connectivity index (χ0) is 41.7. The van der Waals surface area contributed by atoms with Gasteiger partial charge in [0.15, 0.2) is 0 Å². The van der Waals surface area contributed by atoms with Gasteiger partial charge in [-0.3, -0.25) is 0 Å². The second kappa shape index (κ2) is 15.7. The van der Waals surface area contributed by atoms with Crippen LogP contribution in [0.25, 0.3) is 96.0 Å². The zero-order valence-electron chi connectivity index (χ0n) is 34.3. The molecule has 0 unspecified atom stereocenters. The number of rotatable bonds is 8. The molecule has 2 aromatic heterocycles. The summed E-state index contributed by atoms with van der Waals surface area (Å²) < 4.78 is 5.14. The molecule has 0 aliphatic heterocycles. The minimum atomic E-state index is 1.11.